The number of carbonyl (C=O) groups is 1. The summed E-state index contributed by atoms with van der Waals surface area (Å²) in [4.78, 5) is 15.2. The van der Waals surface area contributed by atoms with E-state index in [0.29, 0.717) is 17.2 Å². The number of hydrogen-bond acceptors (Lipinski definition) is 7. The van der Waals surface area contributed by atoms with Gasteiger partial charge in [-0.25, -0.2) is 0 Å². The molecule has 2 aromatic rings. The third-order valence-electron chi connectivity index (χ3n) is 11.7. The molecule has 2 N–H and O–H groups in total. The molecule has 5 rings (SSSR count). The zero-order chi connectivity index (χ0) is 35.3. The summed E-state index contributed by atoms with van der Waals surface area (Å²) >= 11 is 0. The summed E-state index contributed by atoms with van der Waals surface area (Å²) in [5.74, 6) is 1.32. The van der Waals surface area contributed by atoms with Gasteiger partial charge in [0.15, 0.2) is 0 Å². The van der Waals surface area contributed by atoms with Crippen molar-refractivity contribution in [2.24, 2.45) is 28.6 Å². The van der Waals surface area contributed by atoms with Crippen molar-refractivity contribution in [2.45, 2.75) is 119 Å². The number of hydrogen-bond donors (Lipinski definition) is 2. The number of carbonyl (C=O) groups excluding carboxylic acids is 1. The molecule has 8 heteroatoms. The summed E-state index contributed by atoms with van der Waals surface area (Å²) in [6.45, 7) is 25.0. The van der Waals surface area contributed by atoms with E-state index in [9.17, 15) is 4.79 Å². The average molecular weight is 677 g/mol. The van der Waals surface area contributed by atoms with Gasteiger partial charge < -0.3 is 24.4 Å². The van der Waals surface area contributed by atoms with E-state index >= 15 is 0 Å². The molecule has 3 aliphatic rings. The highest BCUT2D eigenvalue weighted by molar-refractivity contribution is 5.75. The maximum Gasteiger partial charge on any atom is 0.311 e. The summed E-state index contributed by atoms with van der Waals surface area (Å²) in [5.41, 5.74) is 5.93. The lowest BCUT2D eigenvalue weighted by Crippen LogP contribution is -2.49. The minimum atomic E-state index is -0.556. The Morgan fingerprint density at radius 2 is 1.88 bits per heavy atom. The molecule has 1 spiro atoms. The summed E-state index contributed by atoms with van der Waals surface area (Å²) < 4.78 is 18.8. The molecule has 5 atom stereocenters. The maximum absolute atomic E-state index is 12.5. The number of esters is 1. The fourth-order valence-corrected chi connectivity index (χ4v) is 7.96. The van der Waals surface area contributed by atoms with Crippen LogP contribution >= 0.6 is 0 Å². The van der Waals surface area contributed by atoms with Gasteiger partial charge in [0.05, 0.1) is 11.5 Å². The van der Waals surface area contributed by atoms with E-state index in [1.807, 2.05) is 20.8 Å². The predicted octanol–water partition coefficient (Wildman–Crippen LogP) is 7.90. The van der Waals surface area contributed by atoms with Gasteiger partial charge in [-0.1, -0.05) is 65.0 Å². The van der Waals surface area contributed by atoms with Crippen molar-refractivity contribution in [3.8, 4) is 5.88 Å². The van der Waals surface area contributed by atoms with Crippen molar-refractivity contribution in [3.63, 3.8) is 0 Å². The van der Waals surface area contributed by atoms with Gasteiger partial charge in [0, 0.05) is 36.7 Å². The largest absolute Gasteiger partial charge is 0.463 e. The van der Waals surface area contributed by atoms with Gasteiger partial charge in [-0.3, -0.25) is 9.89 Å². The average Bonchev–Trinajstić information content (AvgIpc) is 3.45. The predicted molar refractivity (Wildman–Crippen MR) is 198 cm³/mol. The summed E-state index contributed by atoms with van der Waals surface area (Å²) in [7, 11) is 0. The topological polar surface area (TPSA) is 88.7 Å². The van der Waals surface area contributed by atoms with Gasteiger partial charge in [-0.05, 0) is 119 Å². The molecule has 4 heterocycles. The second-order valence-corrected chi connectivity index (χ2v) is 16.8. The molecule has 0 amide bonds. The van der Waals surface area contributed by atoms with E-state index in [1.54, 1.807) is 0 Å². The number of aromatic nitrogens is 2. The lowest BCUT2D eigenvalue weighted by atomic mass is 9.73. The molecule has 0 radical (unpaired) electrons. The van der Waals surface area contributed by atoms with Crippen LogP contribution in [0.3, 0.4) is 0 Å². The Balaban J connectivity index is 1.22. The van der Waals surface area contributed by atoms with E-state index < -0.39 is 11.7 Å². The standard InChI is InChI=1S/C41H64N4O4/c1-27(2)36-34(37(44-43-36)49-38-31(6)29(4)30(5)35(48-38)25-47-39(46)40(7,8)9)24-33-15-14-32(23-28(33)3)13-10-11-21-45-22-12-16-41(26-45)17-19-42-20-18-41/h10,13-15,23,27,29-31,35,38,42H,11-12,16-22,24-26H2,1-9H3,(H,43,44)/b13-10+/t29-,30-,31+,35+,38-/m0/s1. The van der Waals surface area contributed by atoms with Crippen molar-refractivity contribution in [1.29, 1.82) is 0 Å². The molecule has 8 nitrogen and oxygen atoms in total. The van der Waals surface area contributed by atoms with Crippen molar-refractivity contribution >= 4 is 12.0 Å². The number of rotatable bonds is 11. The zero-order valence-electron chi connectivity index (χ0n) is 31.9. The Hall–Kier alpha value is -2.68. The van der Waals surface area contributed by atoms with Crippen LogP contribution in [0.5, 0.6) is 5.88 Å². The van der Waals surface area contributed by atoms with Crippen LogP contribution in [0, 0.1) is 35.5 Å². The summed E-state index contributed by atoms with van der Waals surface area (Å²) in [5, 5.41) is 11.5. The number of nitrogens with zero attached hydrogens (tertiary/aromatic N) is 2. The SMILES string of the molecule is Cc1cc(/C=C/CCN2CCCC3(CCNCC3)C2)ccc1Cc1c(O[C@@H]2O[C@H](COC(=O)C(C)(C)C)[C@@H](C)[C@H](C)[C@H]2C)n[nH]c1C(C)C. The maximum atomic E-state index is 12.5. The van der Waals surface area contributed by atoms with Gasteiger partial charge in [0.25, 0.3) is 0 Å². The summed E-state index contributed by atoms with van der Waals surface area (Å²) in [6, 6.07) is 6.79. The lowest BCUT2D eigenvalue weighted by molar-refractivity contribution is -0.225. The number of aryl methyl sites for hydroxylation is 1. The number of nitrogens with one attached hydrogen (secondary N) is 2. The van der Waals surface area contributed by atoms with Crippen molar-refractivity contribution in [2.75, 3.05) is 39.3 Å². The third-order valence-corrected chi connectivity index (χ3v) is 11.7. The Morgan fingerprint density at radius 3 is 2.57 bits per heavy atom. The molecular weight excluding hydrogens is 612 g/mol. The Bertz CT molecular complexity index is 1410. The molecule has 0 bridgehead atoms. The number of likely N-dealkylation sites (tertiary alicyclic amines) is 1. The fourth-order valence-electron chi connectivity index (χ4n) is 7.96. The molecule has 3 aliphatic heterocycles. The number of ether oxygens (including phenoxy) is 3. The molecule has 1 aromatic carbocycles. The number of piperidine rings is 2. The van der Waals surface area contributed by atoms with Crippen LogP contribution in [0.25, 0.3) is 6.08 Å². The Labute approximate surface area is 296 Å². The number of H-pyrrole nitrogens is 1. The molecule has 0 unspecified atom stereocenters. The van der Waals surface area contributed by atoms with E-state index in [4.69, 9.17) is 14.2 Å². The van der Waals surface area contributed by atoms with E-state index in [0.717, 1.165) is 30.6 Å². The van der Waals surface area contributed by atoms with Gasteiger partial charge in [-0.2, -0.15) is 0 Å². The lowest BCUT2D eigenvalue weighted by Gasteiger charge is -2.45. The van der Waals surface area contributed by atoms with Gasteiger partial charge in [0.2, 0.25) is 12.2 Å². The van der Waals surface area contributed by atoms with Crippen molar-refractivity contribution in [1.82, 2.24) is 20.4 Å². The first-order chi connectivity index (χ1) is 23.3. The van der Waals surface area contributed by atoms with Crippen molar-refractivity contribution < 1.29 is 19.0 Å². The third kappa shape index (κ3) is 9.36. The Kier molecular flexibility index (Phi) is 12.4. The number of aromatic amines is 1. The zero-order valence-corrected chi connectivity index (χ0v) is 31.9. The van der Waals surface area contributed by atoms with Crippen LogP contribution in [0.1, 0.15) is 121 Å². The van der Waals surface area contributed by atoms with E-state index in [2.05, 4.69) is 92.3 Å². The fraction of sp³-hybridized carbons (Fsp3) is 0.707. The highest BCUT2D eigenvalue weighted by atomic mass is 16.7. The van der Waals surface area contributed by atoms with E-state index in [-0.39, 0.29) is 36.4 Å². The van der Waals surface area contributed by atoms with E-state index in [1.165, 1.54) is 68.6 Å². The molecule has 3 fully saturated rings. The molecule has 272 valence electrons. The highest BCUT2D eigenvalue weighted by Gasteiger charge is 2.42. The molecular formula is C41H64N4O4. The van der Waals surface area contributed by atoms with Gasteiger partial charge in [-0.15, -0.1) is 5.10 Å². The van der Waals surface area contributed by atoms with Crippen LogP contribution in [0.4, 0.5) is 0 Å². The summed E-state index contributed by atoms with van der Waals surface area (Å²) in [6.07, 6.45) is 11.1. The van der Waals surface area contributed by atoms with Crippen LogP contribution < -0.4 is 10.1 Å². The van der Waals surface area contributed by atoms with Gasteiger partial charge >= 0.3 is 5.97 Å². The first kappa shape index (κ1) is 37.6. The van der Waals surface area contributed by atoms with Crippen LogP contribution in [0.2, 0.25) is 0 Å². The molecule has 0 aliphatic carbocycles. The van der Waals surface area contributed by atoms with Crippen LogP contribution in [-0.2, 0) is 20.7 Å². The Morgan fingerprint density at radius 1 is 1.12 bits per heavy atom. The minimum absolute atomic E-state index is 0.144. The highest BCUT2D eigenvalue weighted by Crippen LogP contribution is 2.39. The second-order valence-electron chi connectivity index (χ2n) is 16.8. The van der Waals surface area contributed by atoms with Crippen LogP contribution in [-0.4, -0.2) is 72.8 Å². The molecule has 49 heavy (non-hydrogen) atoms. The van der Waals surface area contributed by atoms with Gasteiger partial charge in [0.1, 0.15) is 6.61 Å². The molecule has 3 saturated heterocycles. The monoisotopic (exact) mass is 676 g/mol. The smallest absolute Gasteiger partial charge is 0.311 e. The first-order valence-corrected chi connectivity index (χ1v) is 19.0. The quantitative estimate of drug-likeness (QED) is 0.234. The van der Waals surface area contributed by atoms with Crippen molar-refractivity contribution in [3.05, 3.63) is 52.2 Å². The second kappa shape index (κ2) is 16.1. The first-order valence-electron chi connectivity index (χ1n) is 19.0. The molecule has 1 aromatic heterocycles. The minimum Gasteiger partial charge on any atom is -0.463 e. The normalized spacial score (nSPS) is 26.4. The molecule has 0 saturated carbocycles. The van der Waals surface area contributed by atoms with Crippen LogP contribution in [0.15, 0.2) is 24.3 Å². The number of benzene rings is 1.